The van der Waals surface area contributed by atoms with Gasteiger partial charge in [0.2, 0.25) is 0 Å². The minimum atomic E-state index is -0.0967. The highest BCUT2D eigenvalue weighted by Gasteiger charge is 2.15. The van der Waals surface area contributed by atoms with Crippen molar-refractivity contribution in [1.29, 1.82) is 0 Å². The van der Waals surface area contributed by atoms with Crippen LogP contribution in [-0.4, -0.2) is 18.6 Å². The van der Waals surface area contributed by atoms with Crippen molar-refractivity contribution in [3.05, 3.63) is 23.8 Å². The SMILES string of the molecule is CC(C)NCc1ccc2c(c1)OCC(=O)N2. The van der Waals surface area contributed by atoms with Crippen LogP contribution >= 0.6 is 0 Å². The Morgan fingerprint density at radius 1 is 1.50 bits per heavy atom. The first-order valence-corrected chi connectivity index (χ1v) is 5.44. The third-order valence-electron chi connectivity index (χ3n) is 2.39. The summed E-state index contributed by atoms with van der Waals surface area (Å²) in [4.78, 5) is 11.1. The summed E-state index contributed by atoms with van der Waals surface area (Å²) in [5, 5.41) is 6.10. The average molecular weight is 220 g/mol. The minimum Gasteiger partial charge on any atom is -0.482 e. The minimum absolute atomic E-state index is 0.0967. The fraction of sp³-hybridized carbons (Fsp3) is 0.417. The van der Waals surface area contributed by atoms with E-state index in [-0.39, 0.29) is 12.5 Å². The van der Waals surface area contributed by atoms with E-state index in [9.17, 15) is 4.79 Å². The Balaban J connectivity index is 2.10. The standard InChI is InChI=1S/C12H16N2O2/c1-8(2)13-6-9-3-4-10-11(5-9)16-7-12(15)14-10/h3-5,8,13H,6-7H2,1-2H3,(H,14,15). The van der Waals surface area contributed by atoms with E-state index in [1.165, 1.54) is 0 Å². The molecule has 0 aliphatic carbocycles. The molecule has 2 N–H and O–H groups in total. The van der Waals surface area contributed by atoms with Gasteiger partial charge >= 0.3 is 0 Å². The van der Waals surface area contributed by atoms with E-state index in [1.54, 1.807) is 0 Å². The molecule has 1 amide bonds. The lowest BCUT2D eigenvalue weighted by Crippen LogP contribution is -2.26. The zero-order chi connectivity index (χ0) is 11.5. The lowest BCUT2D eigenvalue weighted by molar-refractivity contribution is -0.118. The molecule has 0 saturated carbocycles. The first-order valence-electron chi connectivity index (χ1n) is 5.44. The monoisotopic (exact) mass is 220 g/mol. The molecule has 0 bridgehead atoms. The van der Waals surface area contributed by atoms with Gasteiger partial charge in [-0.2, -0.15) is 0 Å². The number of amides is 1. The van der Waals surface area contributed by atoms with Gasteiger partial charge in [-0.1, -0.05) is 19.9 Å². The maximum absolute atomic E-state index is 11.1. The maximum Gasteiger partial charge on any atom is 0.262 e. The Hall–Kier alpha value is -1.55. The first kappa shape index (κ1) is 11.0. The van der Waals surface area contributed by atoms with Gasteiger partial charge in [0, 0.05) is 12.6 Å². The van der Waals surface area contributed by atoms with Gasteiger partial charge in [-0.25, -0.2) is 0 Å². The number of benzene rings is 1. The van der Waals surface area contributed by atoms with Crippen LogP contribution in [0.5, 0.6) is 5.75 Å². The van der Waals surface area contributed by atoms with Crippen molar-refractivity contribution in [1.82, 2.24) is 5.32 Å². The Kier molecular flexibility index (Phi) is 3.10. The summed E-state index contributed by atoms with van der Waals surface area (Å²) in [6.45, 7) is 5.13. The largest absolute Gasteiger partial charge is 0.482 e. The van der Waals surface area contributed by atoms with Gasteiger partial charge in [-0.3, -0.25) is 4.79 Å². The lowest BCUT2D eigenvalue weighted by atomic mass is 10.1. The van der Waals surface area contributed by atoms with E-state index in [1.807, 2.05) is 18.2 Å². The van der Waals surface area contributed by atoms with Crippen LogP contribution < -0.4 is 15.4 Å². The number of nitrogens with one attached hydrogen (secondary N) is 2. The second kappa shape index (κ2) is 4.53. The fourth-order valence-corrected chi connectivity index (χ4v) is 1.55. The van der Waals surface area contributed by atoms with E-state index >= 15 is 0 Å². The fourth-order valence-electron chi connectivity index (χ4n) is 1.55. The molecule has 1 aromatic rings. The summed E-state index contributed by atoms with van der Waals surface area (Å²) in [5.74, 6) is 0.656. The molecule has 16 heavy (non-hydrogen) atoms. The zero-order valence-corrected chi connectivity index (χ0v) is 9.54. The number of fused-ring (bicyclic) bond motifs is 1. The van der Waals surface area contributed by atoms with Crippen LogP contribution in [0, 0.1) is 0 Å². The van der Waals surface area contributed by atoms with Gasteiger partial charge < -0.3 is 15.4 Å². The summed E-state index contributed by atoms with van der Waals surface area (Å²) in [6.07, 6.45) is 0. The van der Waals surface area contributed by atoms with Gasteiger partial charge in [0.25, 0.3) is 5.91 Å². The second-order valence-electron chi connectivity index (χ2n) is 4.20. The topological polar surface area (TPSA) is 50.4 Å². The van der Waals surface area contributed by atoms with Crippen molar-refractivity contribution < 1.29 is 9.53 Å². The van der Waals surface area contributed by atoms with E-state index < -0.39 is 0 Å². The van der Waals surface area contributed by atoms with Crippen molar-refractivity contribution in [2.45, 2.75) is 26.4 Å². The summed E-state index contributed by atoms with van der Waals surface area (Å²) < 4.78 is 5.34. The molecular formula is C12H16N2O2. The van der Waals surface area contributed by atoms with E-state index in [0.717, 1.165) is 23.5 Å². The highest BCUT2D eigenvalue weighted by atomic mass is 16.5. The average Bonchev–Trinajstić information content (AvgIpc) is 2.26. The van der Waals surface area contributed by atoms with E-state index in [4.69, 9.17) is 4.74 Å². The first-order chi connectivity index (χ1) is 7.65. The van der Waals surface area contributed by atoms with Gasteiger partial charge in [-0.05, 0) is 17.7 Å². The molecule has 0 aromatic heterocycles. The second-order valence-corrected chi connectivity index (χ2v) is 4.20. The van der Waals surface area contributed by atoms with Crippen LogP contribution in [0.2, 0.25) is 0 Å². The van der Waals surface area contributed by atoms with Crippen LogP contribution in [0.25, 0.3) is 0 Å². The lowest BCUT2D eigenvalue weighted by Gasteiger charge is -2.18. The number of hydrogen-bond acceptors (Lipinski definition) is 3. The molecule has 1 aliphatic heterocycles. The number of carbonyl (C=O) groups is 1. The number of ether oxygens (including phenoxy) is 1. The van der Waals surface area contributed by atoms with Crippen LogP contribution in [0.15, 0.2) is 18.2 Å². The van der Waals surface area contributed by atoms with E-state index in [2.05, 4.69) is 24.5 Å². The van der Waals surface area contributed by atoms with Crippen molar-refractivity contribution in [2.24, 2.45) is 0 Å². The molecule has 86 valence electrons. The number of rotatable bonds is 3. The Morgan fingerprint density at radius 3 is 3.06 bits per heavy atom. The highest BCUT2D eigenvalue weighted by Crippen LogP contribution is 2.28. The summed E-state index contributed by atoms with van der Waals surface area (Å²) in [6, 6.07) is 6.29. The molecule has 0 radical (unpaired) electrons. The molecule has 0 unspecified atom stereocenters. The third-order valence-corrected chi connectivity index (χ3v) is 2.39. The number of anilines is 1. The molecular weight excluding hydrogens is 204 g/mol. The van der Waals surface area contributed by atoms with Crippen LogP contribution in [0.1, 0.15) is 19.4 Å². The van der Waals surface area contributed by atoms with Crippen molar-refractivity contribution in [3.63, 3.8) is 0 Å². The molecule has 1 heterocycles. The Labute approximate surface area is 95.0 Å². The van der Waals surface area contributed by atoms with Gasteiger partial charge in [0.15, 0.2) is 6.61 Å². The predicted octanol–water partition coefficient (Wildman–Crippen LogP) is 1.52. The predicted molar refractivity (Wildman–Crippen MR) is 62.5 cm³/mol. The molecule has 4 heteroatoms. The normalized spacial score (nSPS) is 14.3. The van der Waals surface area contributed by atoms with E-state index in [0.29, 0.717) is 6.04 Å². The third kappa shape index (κ3) is 2.52. The van der Waals surface area contributed by atoms with Crippen molar-refractivity contribution in [3.8, 4) is 5.75 Å². The molecule has 1 aromatic carbocycles. The molecule has 0 atom stereocenters. The zero-order valence-electron chi connectivity index (χ0n) is 9.54. The molecule has 1 aliphatic rings. The summed E-state index contributed by atoms with van der Waals surface area (Å²) >= 11 is 0. The highest BCUT2D eigenvalue weighted by molar-refractivity contribution is 5.95. The molecule has 0 spiro atoms. The van der Waals surface area contributed by atoms with Gasteiger partial charge in [-0.15, -0.1) is 0 Å². The Bertz CT molecular complexity index is 402. The maximum atomic E-state index is 11.1. The molecule has 0 saturated heterocycles. The smallest absolute Gasteiger partial charge is 0.262 e. The van der Waals surface area contributed by atoms with Gasteiger partial charge in [0.1, 0.15) is 5.75 Å². The quantitative estimate of drug-likeness (QED) is 0.812. The molecule has 4 nitrogen and oxygen atoms in total. The number of hydrogen-bond donors (Lipinski definition) is 2. The van der Waals surface area contributed by atoms with Crippen LogP contribution in [-0.2, 0) is 11.3 Å². The Morgan fingerprint density at radius 2 is 2.31 bits per heavy atom. The summed E-state index contributed by atoms with van der Waals surface area (Å²) in [7, 11) is 0. The molecule has 2 rings (SSSR count). The van der Waals surface area contributed by atoms with Crippen molar-refractivity contribution in [2.75, 3.05) is 11.9 Å². The molecule has 0 fully saturated rings. The van der Waals surface area contributed by atoms with Gasteiger partial charge in [0.05, 0.1) is 5.69 Å². The van der Waals surface area contributed by atoms with Crippen molar-refractivity contribution >= 4 is 11.6 Å². The van der Waals surface area contributed by atoms with Crippen LogP contribution in [0.3, 0.4) is 0 Å². The summed E-state index contributed by atoms with van der Waals surface area (Å²) in [5.41, 5.74) is 1.91. The van der Waals surface area contributed by atoms with Crippen LogP contribution in [0.4, 0.5) is 5.69 Å². The number of carbonyl (C=O) groups excluding carboxylic acids is 1.